The third-order valence-corrected chi connectivity index (χ3v) is 2.00. The highest BCUT2D eigenvalue weighted by atomic mass is 16.5. The van der Waals surface area contributed by atoms with Gasteiger partial charge in [-0.2, -0.15) is 4.99 Å². The zero-order chi connectivity index (χ0) is 11.5. The lowest BCUT2D eigenvalue weighted by atomic mass is 10.2. The fraction of sp³-hybridized carbons (Fsp3) is 0.308. The molecule has 0 radical (unpaired) electrons. The second-order valence-corrected chi connectivity index (χ2v) is 3.29. The van der Waals surface area contributed by atoms with E-state index in [0.717, 1.165) is 12.8 Å². The van der Waals surface area contributed by atoms with Gasteiger partial charge in [-0.25, -0.2) is 4.79 Å². The average molecular weight is 217 g/mol. The van der Waals surface area contributed by atoms with Gasteiger partial charge in [0.05, 0.1) is 6.61 Å². The third-order valence-electron chi connectivity index (χ3n) is 2.00. The van der Waals surface area contributed by atoms with Crippen molar-refractivity contribution in [1.29, 1.82) is 0 Å². The first-order valence-corrected chi connectivity index (χ1v) is 5.27. The summed E-state index contributed by atoms with van der Waals surface area (Å²) in [6, 6.07) is 10.1. The van der Waals surface area contributed by atoms with Crippen LogP contribution in [-0.4, -0.2) is 12.7 Å². The van der Waals surface area contributed by atoms with Crippen LogP contribution < -0.4 is 0 Å². The van der Waals surface area contributed by atoms with Crippen LogP contribution in [0.3, 0.4) is 0 Å². The molecule has 1 aromatic carbocycles. The molecule has 0 aromatic heterocycles. The topological polar surface area (TPSA) is 38.7 Å². The highest BCUT2D eigenvalue weighted by Crippen LogP contribution is 2.01. The molecule has 1 aromatic rings. The summed E-state index contributed by atoms with van der Waals surface area (Å²) in [5.41, 5.74) is 1.18. The molecular weight excluding hydrogens is 202 g/mol. The van der Waals surface area contributed by atoms with Crippen LogP contribution in [0, 0.1) is 0 Å². The highest BCUT2D eigenvalue weighted by molar-refractivity contribution is 5.34. The van der Waals surface area contributed by atoms with E-state index in [1.54, 1.807) is 0 Å². The normalized spacial score (nSPS) is 10.2. The Hall–Kier alpha value is -1.70. The Morgan fingerprint density at radius 2 is 2.12 bits per heavy atom. The van der Waals surface area contributed by atoms with E-state index in [-0.39, 0.29) is 0 Å². The van der Waals surface area contributed by atoms with Gasteiger partial charge in [0, 0.05) is 12.8 Å². The van der Waals surface area contributed by atoms with E-state index in [1.165, 1.54) is 17.8 Å². The van der Waals surface area contributed by atoms with Gasteiger partial charge in [-0.3, -0.25) is 0 Å². The molecule has 0 N–H and O–H groups in total. The number of rotatable bonds is 7. The van der Waals surface area contributed by atoms with Crippen LogP contribution in [0.1, 0.15) is 18.4 Å². The Morgan fingerprint density at radius 1 is 1.31 bits per heavy atom. The number of allylic oxidation sites excluding steroid dienone is 1. The number of hydrogen-bond acceptors (Lipinski definition) is 3. The van der Waals surface area contributed by atoms with Gasteiger partial charge in [0.25, 0.3) is 0 Å². The van der Waals surface area contributed by atoms with Gasteiger partial charge >= 0.3 is 0 Å². The van der Waals surface area contributed by atoms with Crippen LogP contribution >= 0.6 is 0 Å². The fourth-order valence-corrected chi connectivity index (χ4v) is 1.23. The minimum absolute atomic E-state index is 0.650. The lowest BCUT2D eigenvalue weighted by molar-refractivity contribution is 0.119. The SMILES string of the molecule is O=C=N/C=C/CCCOCc1ccccc1. The first kappa shape index (κ1) is 12.4. The van der Waals surface area contributed by atoms with Gasteiger partial charge in [-0.15, -0.1) is 0 Å². The van der Waals surface area contributed by atoms with Gasteiger partial charge in [-0.1, -0.05) is 36.4 Å². The van der Waals surface area contributed by atoms with Crippen molar-refractivity contribution in [2.24, 2.45) is 4.99 Å². The van der Waals surface area contributed by atoms with E-state index in [2.05, 4.69) is 4.99 Å². The fourth-order valence-electron chi connectivity index (χ4n) is 1.23. The van der Waals surface area contributed by atoms with Crippen molar-refractivity contribution in [2.45, 2.75) is 19.4 Å². The molecule has 0 atom stereocenters. The lowest BCUT2D eigenvalue weighted by Gasteiger charge is -2.02. The Labute approximate surface area is 95.5 Å². The number of ether oxygens (including phenoxy) is 1. The molecular formula is C13H15NO2. The molecule has 0 aliphatic carbocycles. The van der Waals surface area contributed by atoms with Gasteiger partial charge in [0.1, 0.15) is 0 Å². The average Bonchev–Trinajstić information content (AvgIpc) is 2.34. The van der Waals surface area contributed by atoms with E-state index in [0.29, 0.717) is 13.2 Å². The van der Waals surface area contributed by atoms with Crippen LogP contribution in [0.4, 0.5) is 0 Å². The molecule has 0 bridgehead atoms. The molecule has 0 amide bonds. The zero-order valence-corrected chi connectivity index (χ0v) is 9.13. The molecule has 0 saturated carbocycles. The molecule has 0 heterocycles. The van der Waals surface area contributed by atoms with E-state index in [9.17, 15) is 4.79 Å². The van der Waals surface area contributed by atoms with Gasteiger partial charge in [-0.05, 0) is 18.4 Å². The maximum absolute atomic E-state index is 9.73. The van der Waals surface area contributed by atoms with Crippen molar-refractivity contribution in [1.82, 2.24) is 0 Å². The van der Waals surface area contributed by atoms with Crippen LogP contribution in [-0.2, 0) is 16.1 Å². The molecule has 0 fully saturated rings. The number of isocyanates is 1. The molecule has 3 heteroatoms. The number of unbranched alkanes of at least 4 members (excludes halogenated alkanes) is 1. The second kappa shape index (κ2) is 8.60. The minimum atomic E-state index is 0.650. The summed E-state index contributed by atoms with van der Waals surface area (Å²) in [7, 11) is 0. The maximum Gasteiger partial charge on any atom is 0.239 e. The van der Waals surface area contributed by atoms with Crippen molar-refractivity contribution >= 4 is 6.08 Å². The molecule has 1 rings (SSSR count). The van der Waals surface area contributed by atoms with Crippen LogP contribution in [0.2, 0.25) is 0 Å². The Bertz CT molecular complexity index is 353. The van der Waals surface area contributed by atoms with E-state index >= 15 is 0 Å². The molecule has 3 nitrogen and oxygen atoms in total. The zero-order valence-electron chi connectivity index (χ0n) is 9.13. The first-order valence-electron chi connectivity index (χ1n) is 5.27. The van der Waals surface area contributed by atoms with E-state index < -0.39 is 0 Å². The standard InChI is InChI=1S/C13H15NO2/c15-12-14-9-5-2-6-10-16-11-13-7-3-1-4-8-13/h1,3-5,7-9H,2,6,10-11H2/b9-5+. The number of nitrogens with zero attached hydrogens (tertiary/aromatic N) is 1. The molecule has 0 unspecified atom stereocenters. The van der Waals surface area contributed by atoms with Crippen LogP contribution in [0.25, 0.3) is 0 Å². The Balaban J connectivity index is 2.02. The summed E-state index contributed by atoms with van der Waals surface area (Å²) in [4.78, 5) is 13.0. The molecule has 0 aliphatic rings. The number of benzene rings is 1. The van der Waals surface area contributed by atoms with Crippen molar-refractivity contribution in [2.75, 3.05) is 6.61 Å². The molecule has 16 heavy (non-hydrogen) atoms. The summed E-state index contributed by atoms with van der Waals surface area (Å²) >= 11 is 0. The van der Waals surface area contributed by atoms with E-state index in [1.807, 2.05) is 36.4 Å². The summed E-state index contributed by atoms with van der Waals surface area (Å²) in [6.45, 7) is 1.36. The lowest BCUT2D eigenvalue weighted by Crippen LogP contribution is -1.94. The largest absolute Gasteiger partial charge is 0.377 e. The van der Waals surface area contributed by atoms with Crippen molar-refractivity contribution in [3.8, 4) is 0 Å². The minimum Gasteiger partial charge on any atom is -0.377 e. The number of hydrogen-bond donors (Lipinski definition) is 0. The summed E-state index contributed by atoms with van der Waals surface area (Å²) in [5.74, 6) is 0. The second-order valence-electron chi connectivity index (χ2n) is 3.29. The van der Waals surface area contributed by atoms with Crippen molar-refractivity contribution in [3.63, 3.8) is 0 Å². The Morgan fingerprint density at radius 3 is 2.88 bits per heavy atom. The summed E-state index contributed by atoms with van der Waals surface area (Å²) < 4.78 is 5.48. The monoisotopic (exact) mass is 217 g/mol. The van der Waals surface area contributed by atoms with Gasteiger partial charge in [0.2, 0.25) is 6.08 Å². The van der Waals surface area contributed by atoms with Crippen molar-refractivity contribution in [3.05, 3.63) is 48.2 Å². The van der Waals surface area contributed by atoms with E-state index in [4.69, 9.17) is 4.74 Å². The number of carbonyl (C=O) groups excluding carboxylic acids is 1. The van der Waals surface area contributed by atoms with Crippen molar-refractivity contribution < 1.29 is 9.53 Å². The number of aliphatic imine (C=N–C) groups is 1. The summed E-state index contributed by atoms with van der Waals surface area (Å²) in [6.07, 6.45) is 6.53. The first-order chi connectivity index (χ1) is 7.93. The predicted molar refractivity (Wildman–Crippen MR) is 62.6 cm³/mol. The molecule has 0 spiro atoms. The Kier molecular flexibility index (Phi) is 6.65. The predicted octanol–water partition coefficient (Wildman–Crippen LogP) is 2.83. The quantitative estimate of drug-likeness (QED) is 0.400. The van der Waals surface area contributed by atoms with Gasteiger partial charge in [0.15, 0.2) is 0 Å². The molecule has 0 saturated heterocycles. The molecule has 0 aliphatic heterocycles. The van der Waals surface area contributed by atoms with Crippen LogP contribution in [0.15, 0.2) is 47.6 Å². The van der Waals surface area contributed by atoms with Gasteiger partial charge < -0.3 is 4.74 Å². The summed E-state index contributed by atoms with van der Waals surface area (Å²) in [5, 5.41) is 0. The molecule has 84 valence electrons. The maximum atomic E-state index is 9.73. The van der Waals surface area contributed by atoms with Crippen LogP contribution in [0.5, 0.6) is 0 Å². The highest BCUT2D eigenvalue weighted by Gasteiger charge is 1.90. The third kappa shape index (κ3) is 5.91. The smallest absolute Gasteiger partial charge is 0.239 e.